The van der Waals surface area contributed by atoms with Crippen molar-refractivity contribution in [1.82, 2.24) is 4.98 Å². The fraction of sp³-hybridized carbons (Fsp3) is 0.345. The number of benzene rings is 2. The number of alkyl halides is 6. The fourth-order valence-corrected chi connectivity index (χ4v) is 7.49. The molecule has 0 aliphatic rings. The molecule has 0 aliphatic heterocycles. The summed E-state index contributed by atoms with van der Waals surface area (Å²) in [6.07, 6.45) is -8.35. The van der Waals surface area contributed by atoms with Gasteiger partial charge in [-0.3, -0.25) is 14.6 Å². The standard InChI is InChI=1S/C29H33F6N7O2S4/c30-28(31,32)17-12-19(24(47-9-4-38)14-22(17)45-7-2-36)41-26(43)16-1-6-40-21(11-16)27(44)42-20-13-18(29(33,34)35)23(46-8-3-37)15-25(20)48-10-5-39/h1,6,11-15H,2-5,7-10,36-39H2,(H,41,43)(H,42,44). The van der Waals surface area contributed by atoms with Crippen LogP contribution in [0.25, 0.3) is 0 Å². The summed E-state index contributed by atoms with van der Waals surface area (Å²) in [5, 5.41) is 4.93. The lowest BCUT2D eigenvalue weighted by Crippen LogP contribution is -2.19. The van der Waals surface area contributed by atoms with Crippen LogP contribution in [0.2, 0.25) is 0 Å². The van der Waals surface area contributed by atoms with Gasteiger partial charge in [-0.15, -0.1) is 47.0 Å². The van der Waals surface area contributed by atoms with Gasteiger partial charge in [0.15, 0.2) is 0 Å². The van der Waals surface area contributed by atoms with Crippen molar-refractivity contribution in [2.75, 3.05) is 59.8 Å². The molecule has 3 rings (SSSR count). The Morgan fingerprint density at radius 2 is 1.00 bits per heavy atom. The van der Waals surface area contributed by atoms with Crippen LogP contribution < -0.4 is 33.6 Å². The van der Waals surface area contributed by atoms with Crippen LogP contribution in [0.15, 0.2) is 62.2 Å². The number of nitrogens with one attached hydrogen (secondary N) is 2. The highest BCUT2D eigenvalue weighted by Crippen LogP contribution is 2.44. The number of carbonyl (C=O) groups is 2. The first kappa shape index (κ1) is 39.8. The molecular weight excluding hydrogens is 721 g/mol. The van der Waals surface area contributed by atoms with Gasteiger partial charge in [-0.2, -0.15) is 26.3 Å². The van der Waals surface area contributed by atoms with Gasteiger partial charge in [0.2, 0.25) is 0 Å². The Labute approximate surface area is 289 Å². The molecule has 2 amide bonds. The second-order valence-electron chi connectivity index (χ2n) is 9.57. The van der Waals surface area contributed by atoms with E-state index in [0.29, 0.717) is 21.3 Å². The van der Waals surface area contributed by atoms with Crippen molar-refractivity contribution < 1.29 is 35.9 Å². The molecule has 48 heavy (non-hydrogen) atoms. The largest absolute Gasteiger partial charge is 0.417 e. The number of amides is 2. The van der Waals surface area contributed by atoms with Gasteiger partial charge >= 0.3 is 12.4 Å². The lowest BCUT2D eigenvalue weighted by atomic mass is 10.1. The third-order valence-corrected chi connectivity index (χ3v) is 10.4. The van der Waals surface area contributed by atoms with Crippen molar-refractivity contribution >= 4 is 70.2 Å². The number of anilines is 2. The van der Waals surface area contributed by atoms with E-state index in [4.69, 9.17) is 22.9 Å². The summed E-state index contributed by atoms with van der Waals surface area (Å²) in [6.45, 7) is 0.743. The van der Waals surface area contributed by atoms with E-state index in [2.05, 4.69) is 15.6 Å². The average molecular weight is 754 g/mol. The summed E-state index contributed by atoms with van der Waals surface area (Å²) in [7, 11) is 0. The van der Waals surface area contributed by atoms with Crippen LogP contribution >= 0.6 is 47.0 Å². The molecule has 0 unspecified atom stereocenters. The van der Waals surface area contributed by atoms with E-state index in [-0.39, 0.29) is 70.1 Å². The second kappa shape index (κ2) is 18.4. The quantitative estimate of drug-likeness (QED) is 0.0768. The normalized spacial score (nSPS) is 11.9. The Morgan fingerprint density at radius 3 is 1.40 bits per heavy atom. The van der Waals surface area contributed by atoms with Crippen molar-refractivity contribution in [3.63, 3.8) is 0 Å². The Bertz CT molecular complexity index is 1470. The predicted octanol–water partition coefficient (Wildman–Crippen LogP) is 5.83. The van der Waals surface area contributed by atoms with Gasteiger partial charge in [-0.25, -0.2) is 0 Å². The molecule has 19 heteroatoms. The van der Waals surface area contributed by atoms with Gasteiger partial charge in [0, 0.05) is 80.5 Å². The fourth-order valence-electron chi connectivity index (χ4n) is 3.99. The predicted molar refractivity (Wildman–Crippen MR) is 182 cm³/mol. The van der Waals surface area contributed by atoms with Crippen LogP contribution in [0.4, 0.5) is 37.7 Å². The van der Waals surface area contributed by atoms with Crippen LogP contribution in [-0.4, -0.2) is 66.0 Å². The van der Waals surface area contributed by atoms with Gasteiger partial charge < -0.3 is 33.6 Å². The van der Waals surface area contributed by atoms with E-state index in [1.165, 1.54) is 18.2 Å². The highest BCUT2D eigenvalue weighted by molar-refractivity contribution is 8.00. The lowest BCUT2D eigenvalue weighted by Gasteiger charge is -2.19. The zero-order valence-corrected chi connectivity index (χ0v) is 28.4. The summed E-state index contributed by atoms with van der Waals surface area (Å²) in [4.78, 5) is 31.0. The molecule has 262 valence electrons. The average Bonchev–Trinajstić information content (AvgIpc) is 3.04. The minimum atomic E-state index is -4.74. The topological polar surface area (TPSA) is 175 Å². The van der Waals surface area contributed by atoms with Gasteiger partial charge in [-0.1, -0.05) is 0 Å². The first-order valence-corrected chi connectivity index (χ1v) is 18.1. The Morgan fingerprint density at radius 1 is 0.604 bits per heavy atom. The molecule has 1 heterocycles. The Hall–Kier alpha value is -2.65. The zero-order valence-electron chi connectivity index (χ0n) is 25.2. The van der Waals surface area contributed by atoms with Gasteiger partial charge in [-0.05, 0) is 36.4 Å². The smallest absolute Gasteiger partial charge is 0.330 e. The summed E-state index contributed by atoms with van der Waals surface area (Å²) < 4.78 is 83.8. The molecule has 0 bridgehead atoms. The third kappa shape index (κ3) is 11.2. The monoisotopic (exact) mass is 753 g/mol. The van der Waals surface area contributed by atoms with E-state index in [1.807, 2.05) is 0 Å². The molecule has 3 aromatic rings. The third-order valence-electron chi connectivity index (χ3n) is 6.03. The number of rotatable bonds is 16. The first-order chi connectivity index (χ1) is 22.7. The van der Waals surface area contributed by atoms with Crippen molar-refractivity contribution in [3.05, 3.63) is 65.0 Å². The van der Waals surface area contributed by atoms with Gasteiger partial charge in [0.05, 0.1) is 22.5 Å². The number of aromatic nitrogens is 1. The molecule has 0 spiro atoms. The highest BCUT2D eigenvalue weighted by atomic mass is 32.2. The number of hydrogen-bond acceptors (Lipinski definition) is 11. The maximum absolute atomic E-state index is 14.0. The molecule has 1 aromatic heterocycles. The Balaban J connectivity index is 1.96. The molecular formula is C29H33F6N7O2S4. The summed E-state index contributed by atoms with van der Waals surface area (Å²) in [5.74, 6) is -0.609. The van der Waals surface area contributed by atoms with Crippen LogP contribution in [0, 0.1) is 0 Å². The number of carbonyl (C=O) groups excluding carboxylic acids is 2. The molecule has 0 atom stereocenters. The molecule has 10 N–H and O–H groups in total. The minimum absolute atomic E-state index is 0.0583. The molecule has 0 radical (unpaired) electrons. The molecule has 0 fully saturated rings. The zero-order chi connectivity index (χ0) is 35.5. The number of nitrogens with two attached hydrogens (primary N) is 4. The van der Waals surface area contributed by atoms with E-state index in [1.54, 1.807) is 0 Å². The van der Waals surface area contributed by atoms with Crippen LogP contribution in [0.5, 0.6) is 0 Å². The van der Waals surface area contributed by atoms with E-state index in [9.17, 15) is 35.9 Å². The Kier molecular flexibility index (Phi) is 15.2. The van der Waals surface area contributed by atoms with Gasteiger partial charge in [0.25, 0.3) is 11.8 Å². The van der Waals surface area contributed by atoms with Crippen LogP contribution in [-0.2, 0) is 12.4 Å². The molecule has 9 nitrogen and oxygen atoms in total. The molecule has 0 saturated heterocycles. The number of halogens is 6. The maximum atomic E-state index is 14.0. The lowest BCUT2D eigenvalue weighted by molar-refractivity contribution is -0.140. The van der Waals surface area contributed by atoms with Crippen molar-refractivity contribution in [2.24, 2.45) is 22.9 Å². The number of pyridine rings is 1. The van der Waals surface area contributed by atoms with E-state index < -0.39 is 35.3 Å². The minimum Gasteiger partial charge on any atom is -0.330 e. The highest BCUT2D eigenvalue weighted by Gasteiger charge is 2.36. The summed E-state index contributed by atoms with van der Waals surface area (Å²) in [6, 6.07) is 6.60. The first-order valence-electron chi connectivity index (χ1n) is 14.1. The van der Waals surface area contributed by atoms with Crippen LogP contribution in [0.1, 0.15) is 32.0 Å². The second-order valence-corrected chi connectivity index (χ2v) is 14.1. The van der Waals surface area contributed by atoms with Crippen molar-refractivity contribution in [1.29, 1.82) is 0 Å². The summed E-state index contributed by atoms with van der Waals surface area (Å²) in [5.41, 5.74) is 19.5. The van der Waals surface area contributed by atoms with Crippen molar-refractivity contribution in [3.8, 4) is 0 Å². The SMILES string of the molecule is NCCSc1cc(SCCN)c(C(F)(F)F)cc1NC(=O)c1ccnc(C(=O)Nc2cc(C(F)(F)F)c(SCCN)cc2SCCN)c1. The number of hydrogen-bond donors (Lipinski definition) is 6. The molecule has 0 saturated carbocycles. The molecule has 2 aromatic carbocycles. The van der Waals surface area contributed by atoms with E-state index >= 15 is 0 Å². The number of thioether (sulfide) groups is 4. The van der Waals surface area contributed by atoms with Crippen molar-refractivity contribution in [2.45, 2.75) is 31.9 Å². The van der Waals surface area contributed by atoms with Gasteiger partial charge in [0.1, 0.15) is 5.69 Å². The van der Waals surface area contributed by atoms with E-state index in [0.717, 1.165) is 71.4 Å². The number of nitrogens with zero attached hydrogens (tertiary/aromatic N) is 1. The summed E-state index contributed by atoms with van der Waals surface area (Å²) >= 11 is 4.15. The maximum Gasteiger partial charge on any atom is 0.417 e. The van der Waals surface area contributed by atoms with Crippen LogP contribution in [0.3, 0.4) is 0 Å². The molecule has 0 aliphatic carbocycles.